The van der Waals surface area contributed by atoms with Gasteiger partial charge < -0.3 is 5.73 Å². The molecule has 0 amide bonds. The summed E-state index contributed by atoms with van der Waals surface area (Å²) in [4.78, 5) is 1.08. The van der Waals surface area contributed by atoms with Crippen molar-refractivity contribution in [1.29, 1.82) is 0 Å². The molecule has 0 spiro atoms. The van der Waals surface area contributed by atoms with Gasteiger partial charge in [0.25, 0.3) is 0 Å². The first-order valence-corrected chi connectivity index (χ1v) is 7.80. The normalized spacial score (nSPS) is 10.9. The topological polar surface area (TPSA) is 68.2 Å². The van der Waals surface area contributed by atoms with E-state index in [1.807, 2.05) is 58.7 Å². The van der Waals surface area contributed by atoms with Crippen LogP contribution in [0.3, 0.4) is 0 Å². The van der Waals surface area contributed by atoms with Gasteiger partial charge in [0.05, 0.1) is 16.8 Å². The van der Waals surface area contributed by atoms with E-state index in [9.17, 15) is 0 Å². The van der Waals surface area contributed by atoms with Crippen molar-refractivity contribution in [2.45, 2.75) is 0 Å². The van der Waals surface area contributed by atoms with E-state index in [-0.39, 0.29) is 5.11 Å². The summed E-state index contributed by atoms with van der Waals surface area (Å²) in [7, 11) is 0. The smallest absolute Gasteiger partial charge is 0.184 e. The summed E-state index contributed by atoms with van der Waals surface area (Å²) in [5.41, 5.74) is 10.7. The van der Waals surface area contributed by atoms with Gasteiger partial charge in [0, 0.05) is 11.8 Å². The lowest BCUT2D eigenvalue weighted by Crippen LogP contribution is -2.23. The zero-order chi connectivity index (χ0) is 15.4. The van der Waals surface area contributed by atoms with Crippen LogP contribution >= 0.6 is 23.6 Å². The number of hydrogen-bond acceptors (Lipinski definition) is 4. The second-order valence-electron chi connectivity index (χ2n) is 4.42. The maximum absolute atomic E-state index is 5.37. The van der Waals surface area contributed by atoms with Gasteiger partial charge in [-0.05, 0) is 35.8 Å². The van der Waals surface area contributed by atoms with E-state index in [1.165, 1.54) is 0 Å². The lowest BCUT2D eigenvalue weighted by molar-refractivity contribution is 0.885. The number of para-hydroxylation sites is 1. The SMILES string of the molecule is NC(=S)N/N=C\c1cn(-c2ccccc2)nc1-c1cccs1. The first-order valence-electron chi connectivity index (χ1n) is 6.51. The summed E-state index contributed by atoms with van der Waals surface area (Å²) in [6, 6.07) is 13.9. The standard InChI is InChI=1S/C15H13N5S2/c16-15(21)18-17-9-11-10-20(12-5-2-1-3-6-12)19-14(11)13-7-4-8-22-13/h1-10H,(H3,16,18,21)/b17-9-. The van der Waals surface area contributed by atoms with Gasteiger partial charge in [-0.3, -0.25) is 5.43 Å². The Kier molecular flexibility index (Phi) is 4.27. The van der Waals surface area contributed by atoms with Crippen molar-refractivity contribution in [3.05, 3.63) is 59.6 Å². The molecule has 0 unspecified atom stereocenters. The van der Waals surface area contributed by atoms with Gasteiger partial charge in [0.15, 0.2) is 5.11 Å². The van der Waals surface area contributed by atoms with Crippen LogP contribution in [0.2, 0.25) is 0 Å². The number of hydrogen-bond donors (Lipinski definition) is 2. The molecule has 0 saturated heterocycles. The molecule has 3 N–H and O–H groups in total. The number of benzene rings is 1. The molecule has 3 rings (SSSR count). The summed E-state index contributed by atoms with van der Waals surface area (Å²) in [5.74, 6) is 0. The number of aromatic nitrogens is 2. The Bertz CT molecular complexity index is 791. The monoisotopic (exact) mass is 327 g/mol. The van der Waals surface area contributed by atoms with Crippen molar-refractivity contribution in [3.63, 3.8) is 0 Å². The highest BCUT2D eigenvalue weighted by atomic mass is 32.1. The molecule has 0 fully saturated rings. The third-order valence-corrected chi connectivity index (χ3v) is 3.86. The van der Waals surface area contributed by atoms with Crippen LogP contribution in [0.4, 0.5) is 0 Å². The minimum atomic E-state index is 0.129. The summed E-state index contributed by atoms with van der Waals surface area (Å²) in [6.07, 6.45) is 3.59. The van der Waals surface area contributed by atoms with Gasteiger partial charge in [-0.15, -0.1) is 11.3 Å². The molecule has 7 heteroatoms. The number of nitrogens with one attached hydrogen (secondary N) is 1. The van der Waals surface area contributed by atoms with Crippen LogP contribution in [-0.4, -0.2) is 21.1 Å². The second kappa shape index (κ2) is 6.50. The van der Waals surface area contributed by atoms with Crippen molar-refractivity contribution < 1.29 is 0 Å². The fourth-order valence-electron chi connectivity index (χ4n) is 1.96. The predicted molar refractivity (Wildman–Crippen MR) is 94.4 cm³/mol. The van der Waals surface area contributed by atoms with Gasteiger partial charge in [-0.1, -0.05) is 24.3 Å². The Labute approximate surface area is 137 Å². The largest absolute Gasteiger partial charge is 0.375 e. The predicted octanol–water partition coefficient (Wildman–Crippen LogP) is 2.77. The van der Waals surface area contributed by atoms with Gasteiger partial charge >= 0.3 is 0 Å². The second-order valence-corrected chi connectivity index (χ2v) is 5.81. The Morgan fingerprint density at radius 3 is 2.77 bits per heavy atom. The van der Waals surface area contributed by atoms with E-state index in [2.05, 4.69) is 15.6 Å². The van der Waals surface area contributed by atoms with E-state index >= 15 is 0 Å². The molecule has 0 aliphatic heterocycles. The highest BCUT2D eigenvalue weighted by molar-refractivity contribution is 7.80. The van der Waals surface area contributed by atoms with Crippen LogP contribution in [0, 0.1) is 0 Å². The van der Waals surface area contributed by atoms with E-state index in [0.717, 1.165) is 21.8 Å². The van der Waals surface area contributed by atoms with Crippen molar-refractivity contribution in [1.82, 2.24) is 15.2 Å². The molecule has 0 aliphatic carbocycles. The summed E-state index contributed by atoms with van der Waals surface area (Å²) in [5, 5.41) is 10.8. The van der Waals surface area contributed by atoms with E-state index in [4.69, 9.17) is 18.0 Å². The third-order valence-electron chi connectivity index (χ3n) is 2.90. The third kappa shape index (κ3) is 3.21. The quantitative estimate of drug-likeness (QED) is 0.439. The molecule has 2 heterocycles. The Morgan fingerprint density at radius 1 is 1.27 bits per heavy atom. The van der Waals surface area contributed by atoms with E-state index in [0.29, 0.717) is 0 Å². The summed E-state index contributed by atoms with van der Waals surface area (Å²) in [6.45, 7) is 0. The fourth-order valence-corrected chi connectivity index (χ4v) is 2.75. The zero-order valence-electron chi connectivity index (χ0n) is 11.5. The molecule has 5 nitrogen and oxygen atoms in total. The van der Waals surface area contributed by atoms with Crippen molar-refractivity contribution >= 4 is 34.9 Å². The maximum atomic E-state index is 5.37. The van der Waals surface area contributed by atoms with E-state index in [1.54, 1.807) is 17.6 Å². The van der Waals surface area contributed by atoms with Crippen LogP contribution in [0.15, 0.2) is 59.1 Å². The average Bonchev–Trinajstić information content (AvgIpc) is 3.16. The molecule has 0 saturated carbocycles. The van der Waals surface area contributed by atoms with Gasteiger partial charge in [0.1, 0.15) is 5.69 Å². The van der Waals surface area contributed by atoms with Crippen LogP contribution in [0.5, 0.6) is 0 Å². The Morgan fingerprint density at radius 2 is 2.09 bits per heavy atom. The molecule has 0 atom stereocenters. The van der Waals surface area contributed by atoms with Crippen molar-refractivity contribution in [2.24, 2.45) is 10.8 Å². The molecule has 3 aromatic rings. The highest BCUT2D eigenvalue weighted by Gasteiger charge is 2.11. The maximum Gasteiger partial charge on any atom is 0.184 e. The van der Waals surface area contributed by atoms with Gasteiger partial charge in [-0.2, -0.15) is 10.2 Å². The fraction of sp³-hybridized carbons (Fsp3) is 0. The average molecular weight is 327 g/mol. The van der Waals surface area contributed by atoms with Gasteiger partial charge in [0.2, 0.25) is 0 Å². The minimum absolute atomic E-state index is 0.129. The molecular formula is C15H13N5S2. The molecular weight excluding hydrogens is 314 g/mol. The lowest BCUT2D eigenvalue weighted by atomic mass is 10.2. The lowest BCUT2D eigenvalue weighted by Gasteiger charge is -1.98. The number of nitrogens with two attached hydrogens (primary N) is 1. The Balaban J connectivity index is 2.01. The number of hydrazone groups is 1. The molecule has 2 aromatic heterocycles. The molecule has 110 valence electrons. The number of nitrogens with zero attached hydrogens (tertiary/aromatic N) is 3. The Hall–Kier alpha value is -2.51. The van der Waals surface area contributed by atoms with Crippen LogP contribution in [0.25, 0.3) is 16.3 Å². The van der Waals surface area contributed by atoms with Crippen molar-refractivity contribution in [2.75, 3.05) is 0 Å². The molecule has 0 radical (unpaired) electrons. The van der Waals surface area contributed by atoms with Gasteiger partial charge in [-0.25, -0.2) is 4.68 Å². The summed E-state index contributed by atoms with van der Waals surface area (Å²) >= 11 is 6.37. The van der Waals surface area contributed by atoms with Crippen LogP contribution in [0.1, 0.15) is 5.56 Å². The van der Waals surface area contributed by atoms with Crippen LogP contribution in [-0.2, 0) is 0 Å². The molecule has 0 aliphatic rings. The molecule has 22 heavy (non-hydrogen) atoms. The van der Waals surface area contributed by atoms with E-state index < -0.39 is 0 Å². The number of thiocarbonyl (C=S) groups is 1. The molecule has 1 aromatic carbocycles. The highest BCUT2D eigenvalue weighted by Crippen LogP contribution is 2.26. The molecule has 0 bridgehead atoms. The van der Waals surface area contributed by atoms with Crippen molar-refractivity contribution in [3.8, 4) is 16.3 Å². The summed E-state index contributed by atoms with van der Waals surface area (Å²) < 4.78 is 1.83. The first kappa shape index (κ1) is 14.4. The zero-order valence-corrected chi connectivity index (χ0v) is 13.1. The first-order chi connectivity index (χ1) is 10.7. The number of thiophene rings is 1. The minimum Gasteiger partial charge on any atom is -0.375 e. The number of rotatable bonds is 4. The van der Waals surface area contributed by atoms with Crippen LogP contribution < -0.4 is 11.2 Å².